The summed E-state index contributed by atoms with van der Waals surface area (Å²) in [6, 6.07) is 7.57. The highest BCUT2D eigenvalue weighted by molar-refractivity contribution is 5.80. The zero-order chi connectivity index (χ0) is 17.3. The quantitative estimate of drug-likeness (QED) is 0.781. The number of aryl methyl sites for hydroxylation is 1. The molecular formula is C18H22N4O2. The molecule has 6 nitrogen and oxygen atoms in total. The van der Waals surface area contributed by atoms with Crippen molar-refractivity contribution in [1.29, 1.82) is 0 Å². The highest BCUT2D eigenvalue weighted by Gasteiger charge is 2.10. The second-order valence-electron chi connectivity index (χ2n) is 6.13. The van der Waals surface area contributed by atoms with Crippen LogP contribution in [0, 0.1) is 6.92 Å². The Bertz CT molecular complexity index is 926. The molecule has 0 fully saturated rings. The fraction of sp³-hybridized carbons (Fsp3) is 0.333. The van der Waals surface area contributed by atoms with Crippen LogP contribution in [0.2, 0.25) is 0 Å². The van der Waals surface area contributed by atoms with Crippen LogP contribution in [0.3, 0.4) is 0 Å². The number of aromatic nitrogens is 3. The monoisotopic (exact) mass is 326 g/mol. The molecule has 0 atom stereocenters. The molecule has 3 rings (SSSR count). The maximum absolute atomic E-state index is 12.3. The largest absolute Gasteiger partial charge is 0.497 e. The molecule has 0 aliphatic heterocycles. The van der Waals surface area contributed by atoms with Gasteiger partial charge in [-0.1, -0.05) is 0 Å². The third kappa shape index (κ3) is 3.19. The normalized spacial score (nSPS) is 11.4. The Balaban J connectivity index is 1.84. The highest BCUT2D eigenvalue weighted by Crippen LogP contribution is 2.19. The molecule has 0 aliphatic rings. The highest BCUT2D eigenvalue weighted by atomic mass is 16.5. The van der Waals surface area contributed by atoms with E-state index in [-0.39, 0.29) is 5.56 Å². The van der Waals surface area contributed by atoms with Crippen molar-refractivity contribution in [3.63, 3.8) is 0 Å². The molecule has 0 spiro atoms. The van der Waals surface area contributed by atoms with Gasteiger partial charge in [-0.2, -0.15) is 5.10 Å². The van der Waals surface area contributed by atoms with Gasteiger partial charge in [0.15, 0.2) is 0 Å². The van der Waals surface area contributed by atoms with Gasteiger partial charge in [0, 0.05) is 47.9 Å². The van der Waals surface area contributed by atoms with E-state index in [9.17, 15) is 4.79 Å². The lowest BCUT2D eigenvalue weighted by atomic mass is 10.1. The van der Waals surface area contributed by atoms with E-state index in [1.165, 1.54) is 5.56 Å². The van der Waals surface area contributed by atoms with Crippen molar-refractivity contribution < 1.29 is 4.74 Å². The van der Waals surface area contributed by atoms with E-state index in [1.54, 1.807) is 7.11 Å². The Hall–Kier alpha value is -2.60. The molecule has 2 aromatic heterocycles. The standard InChI is InChI=1S/C18H22N4O2/c1-12-15(9-19-22(12)3)11-21(2)10-14-7-13-8-16(24-4)5-6-17(13)20-18(14)23/h5-9H,10-11H2,1-4H3,(H,20,23). The maximum atomic E-state index is 12.3. The molecule has 1 aromatic carbocycles. The van der Waals surface area contributed by atoms with Gasteiger partial charge in [0.05, 0.1) is 13.3 Å². The minimum atomic E-state index is -0.0533. The lowest BCUT2D eigenvalue weighted by Crippen LogP contribution is -2.23. The van der Waals surface area contributed by atoms with Gasteiger partial charge in [-0.25, -0.2) is 0 Å². The molecule has 1 N–H and O–H groups in total. The maximum Gasteiger partial charge on any atom is 0.252 e. The van der Waals surface area contributed by atoms with Crippen LogP contribution in [0.5, 0.6) is 5.75 Å². The van der Waals surface area contributed by atoms with Gasteiger partial charge in [-0.3, -0.25) is 14.4 Å². The zero-order valence-electron chi connectivity index (χ0n) is 14.5. The first kappa shape index (κ1) is 16.3. The van der Waals surface area contributed by atoms with Crippen molar-refractivity contribution in [3.8, 4) is 5.75 Å². The molecule has 126 valence electrons. The number of hydrogen-bond donors (Lipinski definition) is 1. The summed E-state index contributed by atoms with van der Waals surface area (Å²) < 4.78 is 7.12. The van der Waals surface area contributed by atoms with Crippen LogP contribution >= 0.6 is 0 Å². The number of pyridine rings is 1. The molecule has 0 amide bonds. The first-order valence-corrected chi connectivity index (χ1v) is 7.84. The van der Waals surface area contributed by atoms with Crippen molar-refractivity contribution in [1.82, 2.24) is 19.7 Å². The molecule has 0 saturated carbocycles. The number of benzene rings is 1. The Morgan fingerprint density at radius 3 is 2.67 bits per heavy atom. The Morgan fingerprint density at radius 2 is 2.00 bits per heavy atom. The average molecular weight is 326 g/mol. The molecule has 0 radical (unpaired) electrons. The Morgan fingerprint density at radius 1 is 1.25 bits per heavy atom. The molecular weight excluding hydrogens is 304 g/mol. The Labute approximate surface area is 140 Å². The molecule has 0 bridgehead atoms. The van der Waals surface area contributed by atoms with E-state index in [0.29, 0.717) is 6.54 Å². The van der Waals surface area contributed by atoms with E-state index in [4.69, 9.17) is 4.74 Å². The summed E-state index contributed by atoms with van der Waals surface area (Å²) in [4.78, 5) is 17.4. The summed E-state index contributed by atoms with van der Waals surface area (Å²) in [6.07, 6.45) is 1.88. The summed E-state index contributed by atoms with van der Waals surface area (Å²) in [5.41, 5.74) is 3.80. The van der Waals surface area contributed by atoms with Gasteiger partial charge in [0.2, 0.25) is 0 Å². The number of nitrogens with one attached hydrogen (secondary N) is 1. The zero-order valence-corrected chi connectivity index (χ0v) is 14.5. The number of methoxy groups -OCH3 is 1. The van der Waals surface area contributed by atoms with Gasteiger partial charge in [-0.15, -0.1) is 0 Å². The van der Waals surface area contributed by atoms with Gasteiger partial charge in [0.1, 0.15) is 5.75 Å². The average Bonchev–Trinajstić information content (AvgIpc) is 2.87. The molecule has 24 heavy (non-hydrogen) atoms. The number of rotatable bonds is 5. The lowest BCUT2D eigenvalue weighted by molar-refractivity contribution is 0.317. The van der Waals surface area contributed by atoms with Gasteiger partial charge < -0.3 is 9.72 Å². The number of fused-ring (bicyclic) bond motifs is 1. The van der Waals surface area contributed by atoms with E-state index in [2.05, 4.69) is 15.0 Å². The molecule has 3 aromatic rings. The third-order valence-electron chi connectivity index (χ3n) is 4.35. The number of H-pyrrole nitrogens is 1. The second kappa shape index (κ2) is 6.49. The SMILES string of the molecule is COc1ccc2[nH]c(=O)c(CN(C)Cc3cnn(C)c3C)cc2c1. The minimum Gasteiger partial charge on any atom is -0.497 e. The second-order valence-corrected chi connectivity index (χ2v) is 6.13. The van der Waals surface area contributed by atoms with Crippen molar-refractivity contribution >= 4 is 10.9 Å². The lowest BCUT2D eigenvalue weighted by Gasteiger charge is -2.16. The van der Waals surface area contributed by atoms with Crippen LogP contribution in [0.1, 0.15) is 16.8 Å². The summed E-state index contributed by atoms with van der Waals surface area (Å²) in [7, 11) is 5.57. The summed E-state index contributed by atoms with van der Waals surface area (Å²) in [5, 5.41) is 5.23. The smallest absolute Gasteiger partial charge is 0.252 e. The number of hydrogen-bond acceptors (Lipinski definition) is 4. The van der Waals surface area contributed by atoms with E-state index >= 15 is 0 Å². The van der Waals surface area contributed by atoms with Gasteiger partial charge in [-0.05, 0) is 38.2 Å². The molecule has 2 heterocycles. The summed E-state index contributed by atoms with van der Waals surface area (Å²) >= 11 is 0. The van der Waals surface area contributed by atoms with Crippen LogP contribution in [0.4, 0.5) is 0 Å². The van der Waals surface area contributed by atoms with E-state index < -0.39 is 0 Å². The van der Waals surface area contributed by atoms with Crippen molar-refractivity contribution in [3.05, 3.63) is 57.6 Å². The van der Waals surface area contributed by atoms with Crippen LogP contribution in [-0.2, 0) is 20.1 Å². The van der Waals surface area contributed by atoms with Gasteiger partial charge >= 0.3 is 0 Å². The predicted molar refractivity (Wildman–Crippen MR) is 94.2 cm³/mol. The summed E-state index contributed by atoms with van der Waals surface area (Å²) in [6.45, 7) is 3.36. The Kier molecular flexibility index (Phi) is 4.40. The van der Waals surface area contributed by atoms with Crippen LogP contribution in [0.25, 0.3) is 10.9 Å². The van der Waals surface area contributed by atoms with Crippen molar-refractivity contribution in [2.24, 2.45) is 7.05 Å². The third-order valence-corrected chi connectivity index (χ3v) is 4.35. The van der Waals surface area contributed by atoms with Crippen molar-refractivity contribution in [2.75, 3.05) is 14.2 Å². The van der Waals surface area contributed by atoms with E-state index in [1.807, 2.05) is 56.2 Å². The minimum absolute atomic E-state index is 0.0533. The molecule has 0 saturated heterocycles. The van der Waals surface area contributed by atoms with Crippen molar-refractivity contribution in [2.45, 2.75) is 20.0 Å². The fourth-order valence-electron chi connectivity index (χ4n) is 2.81. The predicted octanol–water partition coefficient (Wildman–Crippen LogP) is 2.21. The number of nitrogens with zero attached hydrogens (tertiary/aromatic N) is 3. The van der Waals surface area contributed by atoms with Crippen LogP contribution in [-0.4, -0.2) is 33.8 Å². The summed E-state index contributed by atoms with van der Waals surface area (Å²) in [5.74, 6) is 0.778. The van der Waals surface area contributed by atoms with Crippen LogP contribution in [0.15, 0.2) is 35.3 Å². The van der Waals surface area contributed by atoms with Gasteiger partial charge in [0.25, 0.3) is 5.56 Å². The fourth-order valence-corrected chi connectivity index (χ4v) is 2.81. The topological polar surface area (TPSA) is 63.2 Å². The van der Waals surface area contributed by atoms with Crippen LogP contribution < -0.4 is 10.3 Å². The first-order chi connectivity index (χ1) is 11.5. The number of aromatic amines is 1. The van der Waals surface area contributed by atoms with E-state index in [0.717, 1.165) is 34.5 Å². The number of ether oxygens (including phenoxy) is 1. The first-order valence-electron chi connectivity index (χ1n) is 7.84. The molecule has 0 unspecified atom stereocenters. The molecule has 0 aliphatic carbocycles. The molecule has 6 heteroatoms.